The molecule has 0 fully saturated rings. The fourth-order valence-corrected chi connectivity index (χ4v) is 8.81. The highest BCUT2D eigenvalue weighted by Crippen LogP contribution is 2.34. The van der Waals surface area contributed by atoms with E-state index >= 15 is 0 Å². The summed E-state index contributed by atoms with van der Waals surface area (Å²) in [7, 11) is -1.59. The van der Waals surface area contributed by atoms with Gasteiger partial charge in [-0.3, -0.25) is 0 Å². The van der Waals surface area contributed by atoms with E-state index in [0.29, 0.717) is 0 Å². The zero-order chi connectivity index (χ0) is 29.0. The molecule has 0 bridgehead atoms. The van der Waals surface area contributed by atoms with E-state index in [1.54, 1.807) is 0 Å². The van der Waals surface area contributed by atoms with Crippen molar-refractivity contribution >= 4 is 19.5 Å². The number of rotatable bonds is 16. The summed E-state index contributed by atoms with van der Waals surface area (Å²) in [6, 6.07) is 43.5. The van der Waals surface area contributed by atoms with Crippen LogP contribution in [0.15, 0.2) is 121 Å². The van der Waals surface area contributed by atoms with E-state index in [0.717, 1.165) is 38.9 Å². The molecule has 0 radical (unpaired) electrons. The van der Waals surface area contributed by atoms with Crippen molar-refractivity contribution in [3.05, 3.63) is 144 Å². The lowest BCUT2D eigenvalue weighted by Crippen LogP contribution is -2.40. The Hall–Kier alpha value is -2.77. The summed E-state index contributed by atoms with van der Waals surface area (Å²) < 4.78 is 13.7. The predicted octanol–water partition coefficient (Wildman–Crippen LogP) is 7.54. The second-order valence-electron chi connectivity index (χ2n) is 13.5. The molecule has 4 aromatic rings. The molecule has 0 aliphatic heterocycles. The standard InChI is InChI=1S/C37H48O2Si2/c1-35(2,25-31-17-9-5-10-18-31)40-38-29-37(27-33-21-13-7-14-22-33,28-34-23-15-8-16-24-34)30-39-41-36(3,4)26-32-19-11-6-12-20-32/h5-24H,25-30,40-41H2,1-4H3. The summed E-state index contributed by atoms with van der Waals surface area (Å²) in [5.41, 5.74) is 5.37. The summed E-state index contributed by atoms with van der Waals surface area (Å²) in [6.07, 6.45) is 4.01. The van der Waals surface area contributed by atoms with Crippen molar-refractivity contribution in [3.8, 4) is 0 Å². The molecule has 216 valence electrons. The van der Waals surface area contributed by atoms with E-state index in [9.17, 15) is 0 Å². The first-order valence-electron chi connectivity index (χ1n) is 15.0. The Labute approximate surface area is 253 Å². The maximum absolute atomic E-state index is 6.83. The van der Waals surface area contributed by atoms with E-state index < -0.39 is 19.5 Å². The second kappa shape index (κ2) is 14.9. The molecule has 41 heavy (non-hydrogen) atoms. The minimum absolute atomic E-state index is 0.117. The number of hydrogen-bond acceptors (Lipinski definition) is 2. The Bertz CT molecular complexity index is 1170. The molecule has 0 N–H and O–H groups in total. The van der Waals surface area contributed by atoms with Crippen molar-refractivity contribution in [2.45, 2.75) is 63.5 Å². The Morgan fingerprint density at radius 1 is 0.415 bits per heavy atom. The van der Waals surface area contributed by atoms with Crippen LogP contribution in [-0.4, -0.2) is 32.7 Å². The lowest BCUT2D eigenvalue weighted by Gasteiger charge is -2.37. The highest BCUT2D eigenvalue weighted by molar-refractivity contribution is 6.32. The zero-order valence-electron chi connectivity index (χ0n) is 25.5. The quantitative estimate of drug-likeness (QED) is 0.128. The van der Waals surface area contributed by atoms with Crippen LogP contribution in [0.25, 0.3) is 0 Å². The van der Waals surface area contributed by atoms with Gasteiger partial charge in [-0.2, -0.15) is 0 Å². The predicted molar refractivity (Wildman–Crippen MR) is 180 cm³/mol. The third-order valence-electron chi connectivity index (χ3n) is 7.70. The van der Waals surface area contributed by atoms with Crippen molar-refractivity contribution in [3.63, 3.8) is 0 Å². The van der Waals surface area contributed by atoms with Gasteiger partial charge in [0.15, 0.2) is 19.5 Å². The van der Waals surface area contributed by atoms with E-state index in [1.165, 1.54) is 22.3 Å². The molecule has 0 unspecified atom stereocenters. The first kappa shape index (κ1) is 31.2. The molecule has 0 aromatic heterocycles. The molecule has 4 aromatic carbocycles. The van der Waals surface area contributed by atoms with E-state index in [2.05, 4.69) is 149 Å². The van der Waals surface area contributed by atoms with Crippen molar-refractivity contribution in [1.82, 2.24) is 0 Å². The van der Waals surface area contributed by atoms with Gasteiger partial charge in [-0.15, -0.1) is 0 Å². The van der Waals surface area contributed by atoms with Gasteiger partial charge in [-0.05, 0) is 58.0 Å². The molecular formula is C37H48O2Si2. The third-order valence-corrected chi connectivity index (χ3v) is 10.6. The molecule has 4 heteroatoms. The van der Waals surface area contributed by atoms with Gasteiger partial charge in [0.1, 0.15) is 0 Å². The van der Waals surface area contributed by atoms with Crippen molar-refractivity contribution in [2.75, 3.05) is 13.2 Å². The molecule has 0 heterocycles. The van der Waals surface area contributed by atoms with Crippen LogP contribution in [-0.2, 0) is 34.5 Å². The topological polar surface area (TPSA) is 18.5 Å². The molecule has 0 saturated carbocycles. The second-order valence-corrected chi connectivity index (χ2v) is 18.7. The molecular weight excluding hydrogens is 533 g/mol. The first-order chi connectivity index (χ1) is 19.7. The van der Waals surface area contributed by atoms with Gasteiger partial charge in [0.2, 0.25) is 0 Å². The Morgan fingerprint density at radius 3 is 0.976 bits per heavy atom. The highest BCUT2D eigenvalue weighted by Gasteiger charge is 2.34. The monoisotopic (exact) mass is 580 g/mol. The SMILES string of the molecule is CC(C)(Cc1ccccc1)[SiH2]OCC(CO[SiH2]C(C)(C)Cc1ccccc1)(Cc1ccccc1)Cc1ccccc1. The van der Waals surface area contributed by atoms with Crippen LogP contribution in [0.5, 0.6) is 0 Å². The molecule has 4 rings (SSSR count). The van der Waals surface area contributed by atoms with Crippen LogP contribution in [0.4, 0.5) is 0 Å². The van der Waals surface area contributed by atoms with E-state index in [-0.39, 0.29) is 15.5 Å². The summed E-state index contributed by atoms with van der Waals surface area (Å²) in [5.74, 6) is 0. The van der Waals surface area contributed by atoms with Crippen molar-refractivity contribution in [1.29, 1.82) is 0 Å². The lowest BCUT2D eigenvalue weighted by molar-refractivity contribution is 0.0774. The van der Waals surface area contributed by atoms with Crippen LogP contribution in [0, 0.1) is 5.41 Å². The average molecular weight is 581 g/mol. The smallest absolute Gasteiger partial charge is 0.167 e. The minimum Gasteiger partial charge on any atom is -0.423 e. The molecule has 0 aliphatic carbocycles. The van der Waals surface area contributed by atoms with Crippen molar-refractivity contribution in [2.24, 2.45) is 5.41 Å². The Morgan fingerprint density at radius 2 is 0.683 bits per heavy atom. The van der Waals surface area contributed by atoms with E-state index in [4.69, 9.17) is 8.85 Å². The number of benzene rings is 4. The fourth-order valence-electron chi connectivity index (χ4n) is 5.85. The van der Waals surface area contributed by atoms with Crippen LogP contribution in [0.1, 0.15) is 49.9 Å². The Balaban J connectivity index is 1.51. The van der Waals surface area contributed by atoms with Gasteiger partial charge >= 0.3 is 0 Å². The van der Waals surface area contributed by atoms with Gasteiger partial charge in [0.25, 0.3) is 0 Å². The van der Waals surface area contributed by atoms with Gasteiger partial charge in [-0.25, -0.2) is 0 Å². The largest absolute Gasteiger partial charge is 0.423 e. The summed E-state index contributed by atoms with van der Waals surface area (Å²) in [6.45, 7) is 11.0. The van der Waals surface area contributed by atoms with Gasteiger partial charge in [-0.1, -0.05) is 149 Å². The van der Waals surface area contributed by atoms with Gasteiger partial charge < -0.3 is 8.85 Å². The number of hydrogen-bond donors (Lipinski definition) is 0. The van der Waals surface area contributed by atoms with Gasteiger partial charge in [0.05, 0.1) is 0 Å². The summed E-state index contributed by atoms with van der Waals surface area (Å²) in [5, 5.41) is 0.361. The molecule has 0 amide bonds. The van der Waals surface area contributed by atoms with Crippen LogP contribution in [0.2, 0.25) is 10.1 Å². The maximum atomic E-state index is 6.83. The average Bonchev–Trinajstić information content (AvgIpc) is 2.94. The lowest BCUT2D eigenvalue weighted by atomic mass is 9.78. The van der Waals surface area contributed by atoms with E-state index in [1.807, 2.05) is 0 Å². The minimum atomic E-state index is -0.797. The molecule has 0 aliphatic rings. The Kier molecular flexibility index (Phi) is 11.3. The van der Waals surface area contributed by atoms with Crippen LogP contribution < -0.4 is 0 Å². The third kappa shape index (κ3) is 10.9. The zero-order valence-corrected chi connectivity index (χ0v) is 28.3. The van der Waals surface area contributed by atoms with Crippen LogP contribution in [0.3, 0.4) is 0 Å². The highest BCUT2D eigenvalue weighted by atomic mass is 28.2. The summed E-state index contributed by atoms with van der Waals surface area (Å²) >= 11 is 0. The molecule has 0 atom stereocenters. The summed E-state index contributed by atoms with van der Waals surface area (Å²) in [4.78, 5) is 0. The molecule has 0 spiro atoms. The normalized spacial score (nSPS) is 13.0. The van der Waals surface area contributed by atoms with Crippen LogP contribution >= 0.6 is 0 Å². The molecule has 0 saturated heterocycles. The molecule has 2 nitrogen and oxygen atoms in total. The van der Waals surface area contributed by atoms with Gasteiger partial charge in [0, 0.05) is 18.6 Å². The van der Waals surface area contributed by atoms with Crippen molar-refractivity contribution < 1.29 is 8.85 Å². The maximum Gasteiger partial charge on any atom is 0.167 e. The first-order valence-corrected chi connectivity index (χ1v) is 17.6. The fraction of sp³-hybridized carbons (Fsp3) is 0.351.